The maximum absolute atomic E-state index is 11.7. The number of rotatable bonds is 3. The maximum atomic E-state index is 11.7. The van der Waals surface area contributed by atoms with Gasteiger partial charge in [0.25, 0.3) is 0 Å². The second kappa shape index (κ2) is 8.40. The molecular weight excluding hydrogens is 376 g/mol. The van der Waals surface area contributed by atoms with Crippen molar-refractivity contribution in [2.75, 3.05) is 18.4 Å². The highest BCUT2D eigenvalue weighted by molar-refractivity contribution is 5.94. The average molecular weight is 407 g/mol. The standard InChI is InChI=1S/C25H30N2O3/c28-23-16-27(20-9-5-17-3-1-2-4-18(17)6-10-20)14-13-24(23)30-21-11-7-19-8-12-25(29)26-22(19)15-21/h1-4,7,11,15,20,23-24,28H,5-6,8-10,12-14,16H2,(H,26,29)/t23-,24-/m1/s1. The highest BCUT2D eigenvalue weighted by Crippen LogP contribution is 2.30. The molecule has 0 radical (unpaired) electrons. The number of β-amino-alcohol motifs (C(OH)–C–C–N with tert-alkyl or cyclic N) is 1. The predicted molar refractivity (Wildman–Crippen MR) is 117 cm³/mol. The first-order valence-corrected chi connectivity index (χ1v) is 11.2. The summed E-state index contributed by atoms with van der Waals surface area (Å²) in [6.45, 7) is 1.61. The Morgan fingerprint density at radius 1 is 0.933 bits per heavy atom. The number of aliphatic hydroxyl groups excluding tert-OH is 1. The molecule has 2 aliphatic heterocycles. The second-order valence-electron chi connectivity index (χ2n) is 8.87. The second-order valence-corrected chi connectivity index (χ2v) is 8.87. The Morgan fingerprint density at radius 3 is 2.43 bits per heavy atom. The van der Waals surface area contributed by atoms with Gasteiger partial charge in [-0.15, -0.1) is 0 Å². The number of ether oxygens (including phenoxy) is 1. The fourth-order valence-corrected chi connectivity index (χ4v) is 5.20. The van der Waals surface area contributed by atoms with E-state index in [1.165, 1.54) is 11.1 Å². The molecule has 3 aliphatic rings. The first-order valence-electron chi connectivity index (χ1n) is 11.2. The molecule has 158 valence electrons. The van der Waals surface area contributed by atoms with E-state index in [4.69, 9.17) is 4.74 Å². The number of amides is 1. The summed E-state index contributed by atoms with van der Waals surface area (Å²) >= 11 is 0. The van der Waals surface area contributed by atoms with Gasteiger partial charge < -0.3 is 15.2 Å². The molecule has 0 aromatic heterocycles. The third kappa shape index (κ3) is 4.09. The van der Waals surface area contributed by atoms with E-state index in [1.54, 1.807) is 0 Å². The lowest BCUT2D eigenvalue weighted by Crippen LogP contribution is -2.52. The van der Waals surface area contributed by atoms with E-state index in [2.05, 4.69) is 34.5 Å². The van der Waals surface area contributed by atoms with Crippen molar-refractivity contribution in [3.63, 3.8) is 0 Å². The van der Waals surface area contributed by atoms with Crippen LogP contribution in [-0.4, -0.2) is 47.3 Å². The van der Waals surface area contributed by atoms with Gasteiger partial charge in [0.15, 0.2) is 0 Å². The van der Waals surface area contributed by atoms with Crippen LogP contribution in [0.25, 0.3) is 0 Å². The topological polar surface area (TPSA) is 61.8 Å². The van der Waals surface area contributed by atoms with Crippen molar-refractivity contribution in [1.82, 2.24) is 4.90 Å². The number of likely N-dealkylation sites (tertiary alicyclic amines) is 1. The molecule has 5 nitrogen and oxygen atoms in total. The number of hydrogen-bond donors (Lipinski definition) is 2. The first-order chi connectivity index (χ1) is 14.7. The minimum Gasteiger partial charge on any atom is -0.488 e. The maximum Gasteiger partial charge on any atom is 0.224 e. The molecule has 1 saturated heterocycles. The number of nitrogens with zero attached hydrogens (tertiary/aromatic N) is 1. The molecule has 1 amide bonds. The van der Waals surface area contributed by atoms with Gasteiger partial charge in [-0.1, -0.05) is 30.3 Å². The monoisotopic (exact) mass is 406 g/mol. The van der Waals surface area contributed by atoms with Gasteiger partial charge in [0.05, 0.1) is 0 Å². The van der Waals surface area contributed by atoms with E-state index in [9.17, 15) is 9.90 Å². The minimum absolute atomic E-state index is 0.0542. The minimum atomic E-state index is -0.505. The molecule has 5 heteroatoms. The Hall–Kier alpha value is -2.37. The summed E-state index contributed by atoms with van der Waals surface area (Å²) in [5.74, 6) is 0.775. The molecule has 2 heterocycles. The van der Waals surface area contributed by atoms with Crippen LogP contribution >= 0.6 is 0 Å². The van der Waals surface area contributed by atoms with Crippen LogP contribution in [0.5, 0.6) is 5.75 Å². The van der Waals surface area contributed by atoms with Gasteiger partial charge in [-0.3, -0.25) is 9.69 Å². The fraction of sp³-hybridized carbons (Fsp3) is 0.480. The first kappa shape index (κ1) is 19.6. The van der Waals surface area contributed by atoms with Crippen molar-refractivity contribution >= 4 is 11.6 Å². The van der Waals surface area contributed by atoms with Gasteiger partial charge in [-0.05, 0) is 61.3 Å². The van der Waals surface area contributed by atoms with E-state index in [0.717, 1.165) is 62.1 Å². The van der Waals surface area contributed by atoms with Gasteiger partial charge in [0.1, 0.15) is 18.0 Å². The van der Waals surface area contributed by atoms with E-state index in [1.807, 2.05) is 18.2 Å². The lowest BCUT2D eigenvalue weighted by atomic mass is 9.98. The van der Waals surface area contributed by atoms with Gasteiger partial charge in [-0.2, -0.15) is 0 Å². The largest absolute Gasteiger partial charge is 0.488 e. The molecule has 2 aromatic rings. The number of carbonyl (C=O) groups is 1. The molecule has 1 aliphatic carbocycles. The number of fused-ring (bicyclic) bond motifs is 2. The molecule has 0 saturated carbocycles. The third-order valence-electron chi connectivity index (χ3n) is 6.94. The molecule has 1 fully saturated rings. The van der Waals surface area contributed by atoms with E-state index in [-0.39, 0.29) is 12.0 Å². The summed E-state index contributed by atoms with van der Waals surface area (Å²) in [7, 11) is 0. The van der Waals surface area contributed by atoms with Crippen LogP contribution < -0.4 is 10.1 Å². The van der Waals surface area contributed by atoms with Crippen LogP contribution in [0.15, 0.2) is 42.5 Å². The summed E-state index contributed by atoms with van der Waals surface area (Å²) in [6.07, 6.45) is 5.96. The van der Waals surface area contributed by atoms with Crippen LogP contribution in [0.1, 0.15) is 42.4 Å². The summed E-state index contributed by atoms with van der Waals surface area (Å²) in [6, 6.07) is 15.2. The summed E-state index contributed by atoms with van der Waals surface area (Å²) in [5.41, 5.74) is 4.96. The Labute approximate surface area is 178 Å². The SMILES string of the molecule is O=C1CCc2ccc(O[C@@H]3CCN(C4CCc5ccccc5CC4)C[C@H]3O)cc2N1. The molecule has 5 rings (SSSR count). The average Bonchev–Trinajstić information content (AvgIpc) is 2.98. The highest BCUT2D eigenvalue weighted by Gasteiger charge is 2.33. The van der Waals surface area contributed by atoms with Crippen molar-refractivity contribution < 1.29 is 14.6 Å². The highest BCUT2D eigenvalue weighted by atomic mass is 16.5. The third-order valence-corrected chi connectivity index (χ3v) is 6.94. The zero-order valence-corrected chi connectivity index (χ0v) is 17.3. The fourth-order valence-electron chi connectivity index (χ4n) is 5.20. The zero-order valence-electron chi connectivity index (χ0n) is 17.3. The number of piperidine rings is 1. The molecule has 2 N–H and O–H groups in total. The van der Waals surface area contributed by atoms with Gasteiger partial charge in [0.2, 0.25) is 5.91 Å². The van der Waals surface area contributed by atoms with E-state index in [0.29, 0.717) is 19.0 Å². The number of benzene rings is 2. The van der Waals surface area contributed by atoms with Crippen molar-refractivity contribution in [2.24, 2.45) is 0 Å². The van der Waals surface area contributed by atoms with Crippen LogP contribution in [0.2, 0.25) is 0 Å². The normalized spacial score (nSPS) is 25.0. The Morgan fingerprint density at radius 2 is 1.70 bits per heavy atom. The number of aliphatic hydroxyl groups is 1. The van der Waals surface area contributed by atoms with Crippen LogP contribution in [0.3, 0.4) is 0 Å². The number of anilines is 1. The predicted octanol–water partition coefficient (Wildman–Crippen LogP) is 3.33. The zero-order chi connectivity index (χ0) is 20.5. The lowest BCUT2D eigenvalue weighted by Gasteiger charge is -2.40. The Balaban J connectivity index is 1.19. The number of hydrogen-bond acceptors (Lipinski definition) is 4. The number of aryl methyl sites for hydroxylation is 3. The molecule has 0 unspecified atom stereocenters. The van der Waals surface area contributed by atoms with Crippen LogP contribution in [-0.2, 0) is 24.1 Å². The van der Waals surface area contributed by atoms with Gasteiger partial charge in [-0.25, -0.2) is 0 Å². The molecule has 0 bridgehead atoms. The molecule has 0 spiro atoms. The molecule has 2 atom stereocenters. The number of carbonyl (C=O) groups excluding carboxylic acids is 1. The van der Waals surface area contributed by atoms with Crippen molar-refractivity contribution in [1.29, 1.82) is 0 Å². The van der Waals surface area contributed by atoms with Crippen molar-refractivity contribution in [2.45, 2.75) is 63.2 Å². The summed E-state index contributed by atoms with van der Waals surface area (Å²) in [4.78, 5) is 14.1. The molecule has 2 aromatic carbocycles. The summed E-state index contributed by atoms with van der Waals surface area (Å²) < 4.78 is 6.15. The molecule has 30 heavy (non-hydrogen) atoms. The van der Waals surface area contributed by atoms with Crippen molar-refractivity contribution in [3.05, 3.63) is 59.2 Å². The van der Waals surface area contributed by atoms with Crippen LogP contribution in [0.4, 0.5) is 5.69 Å². The quantitative estimate of drug-likeness (QED) is 0.768. The lowest BCUT2D eigenvalue weighted by molar-refractivity contribution is -0.116. The van der Waals surface area contributed by atoms with Crippen molar-refractivity contribution in [3.8, 4) is 5.75 Å². The van der Waals surface area contributed by atoms with Gasteiger partial charge >= 0.3 is 0 Å². The van der Waals surface area contributed by atoms with Crippen LogP contribution in [0, 0.1) is 0 Å². The Bertz CT molecular complexity index is 901. The number of nitrogens with one attached hydrogen (secondary N) is 1. The van der Waals surface area contributed by atoms with E-state index < -0.39 is 6.10 Å². The van der Waals surface area contributed by atoms with E-state index >= 15 is 0 Å². The smallest absolute Gasteiger partial charge is 0.224 e. The molecular formula is C25H30N2O3. The Kier molecular flexibility index (Phi) is 5.48. The summed E-state index contributed by atoms with van der Waals surface area (Å²) in [5, 5.41) is 13.7. The van der Waals surface area contributed by atoms with Gasteiger partial charge in [0, 0.05) is 37.3 Å².